The molecule has 1 aliphatic rings. The Bertz CT molecular complexity index is 715. The van der Waals surface area contributed by atoms with E-state index >= 15 is 0 Å². The van der Waals surface area contributed by atoms with Crippen molar-refractivity contribution in [1.29, 1.82) is 0 Å². The van der Waals surface area contributed by atoms with Crippen molar-refractivity contribution in [1.82, 2.24) is 20.0 Å². The van der Waals surface area contributed by atoms with Crippen LogP contribution in [0.3, 0.4) is 0 Å². The Hall–Kier alpha value is -2.48. The number of aryl methyl sites for hydroxylation is 1. The molecular weight excluding hydrogens is 274 g/mol. The van der Waals surface area contributed by atoms with Crippen LogP contribution < -0.4 is 16.2 Å². The summed E-state index contributed by atoms with van der Waals surface area (Å²) in [6.45, 7) is 0.909. The Kier molecular flexibility index (Phi) is 3.53. The highest BCUT2D eigenvalue weighted by Gasteiger charge is 2.24. The van der Waals surface area contributed by atoms with Gasteiger partial charge in [0, 0.05) is 19.3 Å². The Balaban J connectivity index is 1.72. The molecule has 0 saturated carbocycles. The average molecular weight is 289 g/mol. The number of nitrogens with one attached hydrogen (secondary N) is 2. The molecule has 0 aliphatic carbocycles. The van der Waals surface area contributed by atoms with E-state index in [0.717, 1.165) is 19.4 Å². The van der Waals surface area contributed by atoms with Gasteiger partial charge in [-0.1, -0.05) is 5.16 Å². The van der Waals surface area contributed by atoms with Gasteiger partial charge in [-0.15, -0.1) is 0 Å². The molecule has 2 N–H and O–H groups in total. The first kappa shape index (κ1) is 13.5. The van der Waals surface area contributed by atoms with E-state index in [9.17, 15) is 9.59 Å². The predicted molar refractivity (Wildman–Crippen MR) is 73.9 cm³/mol. The summed E-state index contributed by atoms with van der Waals surface area (Å²) in [7, 11) is 1.61. The first-order valence-corrected chi connectivity index (χ1v) is 6.68. The zero-order valence-corrected chi connectivity index (χ0v) is 11.5. The van der Waals surface area contributed by atoms with Crippen LogP contribution in [0.2, 0.25) is 0 Å². The zero-order chi connectivity index (χ0) is 14.8. The van der Waals surface area contributed by atoms with E-state index in [1.165, 1.54) is 22.9 Å². The lowest BCUT2D eigenvalue weighted by atomic mass is 10.2. The van der Waals surface area contributed by atoms with Gasteiger partial charge in [0.25, 0.3) is 11.7 Å². The summed E-state index contributed by atoms with van der Waals surface area (Å²) < 4.78 is 6.49. The quantitative estimate of drug-likeness (QED) is 0.850. The maximum Gasteiger partial charge on any atom is 0.297 e. The molecule has 1 saturated heterocycles. The van der Waals surface area contributed by atoms with Gasteiger partial charge in [-0.3, -0.25) is 9.59 Å². The van der Waals surface area contributed by atoms with E-state index in [2.05, 4.69) is 20.8 Å². The lowest BCUT2D eigenvalue weighted by Crippen LogP contribution is -2.19. The fourth-order valence-corrected chi connectivity index (χ4v) is 2.22. The molecule has 1 unspecified atom stereocenters. The molecule has 21 heavy (non-hydrogen) atoms. The number of hydrogen-bond donors (Lipinski definition) is 2. The summed E-state index contributed by atoms with van der Waals surface area (Å²) in [5, 5.41) is 9.54. The predicted octanol–water partition coefficient (Wildman–Crippen LogP) is 0.445. The van der Waals surface area contributed by atoms with Gasteiger partial charge < -0.3 is 19.7 Å². The number of rotatable bonds is 3. The summed E-state index contributed by atoms with van der Waals surface area (Å²) in [4.78, 5) is 27.4. The van der Waals surface area contributed by atoms with Crippen LogP contribution in [0.4, 0.5) is 5.69 Å². The van der Waals surface area contributed by atoms with Crippen molar-refractivity contribution in [2.75, 3.05) is 11.9 Å². The Labute approximate surface area is 120 Å². The largest absolute Gasteiger partial charge is 0.337 e. The van der Waals surface area contributed by atoms with Crippen LogP contribution in [-0.2, 0) is 7.05 Å². The van der Waals surface area contributed by atoms with Crippen LogP contribution in [0.15, 0.2) is 27.6 Å². The molecule has 1 atom stereocenters. The third-order valence-corrected chi connectivity index (χ3v) is 3.35. The summed E-state index contributed by atoms with van der Waals surface area (Å²) in [5.74, 6) is -0.0627. The molecule has 3 heterocycles. The van der Waals surface area contributed by atoms with Gasteiger partial charge in [-0.05, 0) is 25.5 Å². The number of carbonyl (C=O) groups is 1. The molecule has 0 bridgehead atoms. The number of nitrogens with zero attached hydrogens (tertiary/aromatic N) is 3. The van der Waals surface area contributed by atoms with Crippen molar-refractivity contribution in [3.05, 3.63) is 40.4 Å². The van der Waals surface area contributed by atoms with Crippen LogP contribution in [0.5, 0.6) is 0 Å². The number of amides is 1. The number of carbonyl (C=O) groups excluding carboxylic acids is 1. The molecule has 8 nitrogen and oxygen atoms in total. The molecule has 1 aliphatic heterocycles. The molecule has 110 valence electrons. The van der Waals surface area contributed by atoms with Crippen LogP contribution in [0, 0.1) is 0 Å². The van der Waals surface area contributed by atoms with Gasteiger partial charge >= 0.3 is 0 Å². The average Bonchev–Trinajstić information content (AvgIpc) is 3.12. The Morgan fingerprint density at radius 3 is 3.10 bits per heavy atom. The highest BCUT2D eigenvalue weighted by Crippen LogP contribution is 2.21. The van der Waals surface area contributed by atoms with Gasteiger partial charge in [0.1, 0.15) is 0 Å². The van der Waals surface area contributed by atoms with Crippen molar-refractivity contribution in [3.63, 3.8) is 0 Å². The number of hydrogen-bond acceptors (Lipinski definition) is 6. The van der Waals surface area contributed by atoms with Crippen molar-refractivity contribution >= 4 is 11.6 Å². The molecule has 2 aromatic rings. The highest BCUT2D eigenvalue weighted by atomic mass is 16.5. The van der Waals surface area contributed by atoms with Crippen molar-refractivity contribution in [3.8, 4) is 0 Å². The molecule has 1 fully saturated rings. The van der Waals surface area contributed by atoms with E-state index in [-0.39, 0.29) is 17.4 Å². The standard InChI is InChI=1S/C13H15N5O3/c1-18-7-8(4-5-10(18)19)15-12(20)11-16-13(21-17-11)9-3-2-6-14-9/h4-5,7,9,14H,2-3,6H2,1H3,(H,15,20). The molecule has 0 aromatic carbocycles. The highest BCUT2D eigenvalue weighted by molar-refractivity contribution is 6.01. The topological polar surface area (TPSA) is 102 Å². The zero-order valence-electron chi connectivity index (χ0n) is 11.5. The summed E-state index contributed by atoms with van der Waals surface area (Å²) in [5.41, 5.74) is 0.342. The van der Waals surface area contributed by atoms with E-state index in [1.807, 2.05) is 0 Å². The van der Waals surface area contributed by atoms with Crippen LogP contribution in [0.1, 0.15) is 35.4 Å². The summed E-state index contributed by atoms with van der Waals surface area (Å²) in [6.07, 6.45) is 3.50. The third kappa shape index (κ3) is 2.84. The van der Waals surface area contributed by atoms with Gasteiger partial charge in [-0.25, -0.2) is 0 Å². The van der Waals surface area contributed by atoms with Crippen LogP contribution in [-0.4, -0.2) is 27.2 Å². The fourth-order valence-electron chi connectivity index (χ4n) is 2.22. The molecule has 0 spiro atoms. The SMILES string of the molecule is Cn1cc(NC(=O)c2noc(C3CCCN3)n2)ccc1=O. The smallest absolute Gasteiger partial charge is 0.297 e. The minimum absolute atomic E-state index is 0.0208. The minimum atomic E-state index is -0.471. The maximum atomic E-state index is 12.0. The van der Waals surface area contributed by atoms with Gasteiger partial charge in [-0.2, -0.15) is 4.98 Å². The van der Waals surface area contributed by atoms with Crippen molar-refractivity contribution in [2.24, 2.45) is 7.05 Å². The second-order valence-electron chi connectivity index (χ2n) is 4.93. The molecule has 2 aromatic heterocycles. The van der Waals surface area contributed by atoms with E-state index in [1.54, 1.807) is 7.05 Å². The second kappa shape index (κ2) is 5.49. The van der Waals surface area contributed by atoms with Crippen molar-refractivity contribution in [2.45, 2.75) is 18.9 Å². The lowest BCUT2D eigenvalue weighted by Gasteiger charge is -2.04. The Morgan fingerprint density at radius 2 is 2.38 bits per heavy atom. The molecule has 1 amide bonds. The summed E-state index contributed by atoms with van der Waals surface area (Å²) >= 11 is 0. The van der Waals surface area contributed by atoms with Gasteiger partial charge in [0.05, 0.1) is 11.7 Å². The fraction of sp³-hybridized carbons (Fsp3) is 0.385. The number of aromatic nitrogens is 3. The molecule has 8 heteroatoms. The van der Waals surface area contributed by atoms with E-state index < -0.39 is 5.91 Å². The van der Waals surface area contributed by atoms with E-state index in [0.29, 0.717) is 11.6 Å². The maximum absolute atomic E-state index is 12.0. The monoisotopic (exact) mass is 289 g/mol. The molecule has 0 radical (unpaired) electrons. The third-order valence-electron chi connectivity index (χ3n) is 3.35. The number of anilines is 1. The van der Waals surface area contributed by atoms with Gasteiger partial charge in [0.2, 0.25) is 11.4 Å². The van der Waals surface area contributed by atoms with Crippen molar-refractivity contribution < 1.29 is 9.32 Å². The summed E-state index contributed by atoms with van der Waals surface area (Å²) in [6, 6.07) is 2.93. The lowest BCUT2D eigenvalue weighted by molar-refractivity contribution is 0.101. The minimum Gasteiger partial charge on any atom is -0.337 e. The van der Waals surface area contributed by atoms with Crippen LogP contribution >= 0.6 is 0 Å². The first-order valence-electron chi connectivity index (χ1n) is 6.68. The van der Waals surface area contributed by atoms with E-state index in [4.69, 9.17) is 4.52 Å². The number of pyridine rings is 1. The first-order chi connectivity index (χ1) is 10.1. The van der Waals surface area contributed by atoms with Crippen LogP contribution in [0.25, 0.3) is 0 Å². The molecule has 3 rings (SSSR count). The normalized spacial score (nSPS) is 17.9. The Morgan fingerprint density at radius 1 is 1.52 bits per heavy atom. The van der Waals surface area contributed by atoms with Gasteiger partial charge in [0.15, 0.2) is 0 Å². The molecular formula is C13H15N5O3. The second-order valence-corrected chi connectivity index (χ2v) is 4.93.